The second kappa shape index (κ2) is 38.0. The number of aromatic carboxylic acids is 1. The van der Waals surface area contributed by atoms with Gasteiger partial charge in [-0.15, -0.1) is 0 Å². The first-order valence-corrected chi connectivity index (χ1v) is 43.4. The molecule has 10 N–H and O–H groups in total. The molecule has 6 fully saturated rings. The van der Waals surface area contributed by atoms with E-state index < -0.39 is 168 Å². The second-order valence-electron chi connectivity index (χ2n) is 34.5. The number of pyridine rings is 1. The number of likely N-dealkylation sites (tertiary alicyclic amines) is 1. The first kappa shape index (κ1) is 91.3. The quantitative estimate of drug-likeness (QED) is 0.0147. The van der Waals surface area contributed by atoms with E-state index in [1.165, 1.54) is 30.3 Å². The number of aliphatic hydroxyl groups excluding tert-OH is 3. The zero-order valence-electron chi connectivity index (χ0n) is 69.5. The molecule has 37 heteroatoms. The molecule has 3 aromatic carbocycles. The summed E-state index contributed by atoms with van der Waals surface area (Å²) < 4.78 is 70.3. The predicted octanol–water partition coefficient (Wildman–Crippen LogP) is 6.38. The minimum absolute atomic E-state index is 0.0111. The number of fused-ring (bicyclic) bond motifs is 2. The second-order valence-corrected chi connectivity index (χ2v) is 37.2. The fourth-order valence-electron chi connectivity index (χ4n) is 19.8. The first-order chi connectivity index (χ1) is 57.8. The van der Waals surface area contributed by atoms with Gasteiger partial charge in [0, 0.05) is 93.0 Å². The molecule has 13 rings (SSSR count). The molecule has 6 heterocycles. The molecule has 5 amide bonds. The number of carboxylic acid groups (broad SMARTS) is 3. The van der Waals surface area contributed by atoms with E-state index >= 15 is 0 Å². The third-order valence-electron chi connectivity index (χ3n) is 24.5. The van der Waals surface area contributed by atoms with Gasteiger partial charge in [0.2, 0.25) is 17.7 Å². The Morgan fingerprint density at radius 1 is 0.820 bits per heavy atom. The lowest BCUT2D eigenvalue weighted by atomic mass is 9.39. The number of hydrogen-bond acceptors (Lipinski definition) is 26. The minimum Gasteiger partial charge on any atom is -0.496 e. The van der Waals surface area contributed by atoms with Gasteiger partial charge >= 0.3 is 24.0 Å². The number of carbonyl (C=O) groups excluding carboxylic acids is 7. The van der Waals surface area contributed by atoms with Crippen LogP contribution < -0.4 is 25.6 Å². The number of nitrogens with one attached hydrogen (secondary N) is 3. The highest BCUT2D eigenvalue weighted by atomic mass is 32.2. The molecule has 35 nitrogen and oxygen atoms in total. The normalized spacial score (nSPS) is 24.7. The van der Waals surface area contributed by atoms with Gasteiger partial charge in [0.25, 0.3) is 16.0 Å². The number of aliphatic carboxylic acids is 2. The van der Waals surface area contributed by atoms with Crippen LogP contribution in [0.3, 0.4) is 0 Å². The van der Waals surface area contributed by atoms with Crippen molar-refractivity contribution in [1.29, 1.82) is 0 Å². The summed E-state index contributed by atoms with van der Waals surface area (Å²) in [6.07, 6.45) is -4.13. The summed E-state index contributed by atoms with van der Waals surface area (Å²) in [4.78, 5) is 148. The number of carboxylic acids is 3. The van der Waals surface area contributed by atoms with Crippen LogP contribution in [0.4, 0.5) is 15.7 Å². The average Bonchev–Trinajstić information content (AvgIpc) is 0.738. The van der Waals surface area contributed by atoms with E-state index in [0.717, 1.165) is 64.0 Å². The summed E-state index contributed by atoms with van der Waals surface area (Å²) in [7, 11) is -1.33. The number of aromatic nitrogens is 4. The molecule has 3 aliphatic heterocycles. The van der Waals surface area contributed by atoms with E-state index in [2.05, 4.69) is 34.8 Å². The van der Waals surface area contributed by atoms with Crippen molar-refractivity contribution in [3.63, 3.8) is 0 Å². The number of carbonyl (C=O) groups is 10. The number of methoxy groups -OCH3 is 2. The van der Waals surface area contributed by atoms with Crippen molar-refractivity contribution < 1.29 is 120 Å². The Bertz CT molecular complexity index is 5020. The van der Waals surface area contributed by atoms with Crippen LogP contribution in [-0.4, -0.2) is 259 Å². The molecule has 0 spiro atoms. The number of anilines is 2. The standard InChI is InChI=1S/C85H108N10O25S2/c1-47(2)58(34-54(96)36-94-53(39-117-29-30-122(112,113)114)33-62(77(94)106)88-68(98)21-22-69(99)100)76(105)87-48(3)63(97)32-50-13-14-52(51(31-50)15-18-65-71(101)72(102)73(103)74(120-65)79(109)110)38-118-81(111)92(25-27-115-7)26-28-119-85-43-82(5)40-83(6,44-85)42-84(41-82,45-85)46-95-49(4)59(35-86-95)56-17-20-67(90-70(56)78(107)108)93-24-23-55-60(37-93)57(16-19-64(55)116-8)75(104)91-80-89-61-11-9-10-12-66(61)121-80/h9-14,16-17,19-20,31,35,47-48,53,58,62,65,71-74,101-103H,15,18,21-30,32-34,36-46H2,1-8H3,(H,87,105)(H,88,98)(H,99,100)(H,107,108)(H,109,110)(H,89,91,104)(H,112,113,114)/t48-,53-,58-,62-,65-,71-,72+,73-,74-,82?,83?,84?,85?/m0/s1. The van der Waals surface area contributed by atoms with Crippen molar-refractivity contribution in [1.82, 2.24) is 40.2 Å². The maximum Gasteiger partial charge on any atom is 0.410 e. The van der Waals surface area contributed by atoms with E-state index in [1.54, 1.807) is 69.6 Å². The summed E-state index contributed by atoms with van der Waals surface area (Å²) in [6.45, 7) is 11.4. The number of aryl methyl sites for hydroxylation is 1. The highest BCUT2D eigenvalue weighted by Crippen LogP contribution is 2.72. The van der Waals surface area contributed by atoms with Crippen LogP contribution in [0, 0.1) is 35.0 Å². The summed E-state index contributed by atoms with van der Waals surface area (Å²) in [5.74, 6) is -8.79. The summed E-state index contributed by atoms with van der Waals surface area (Å²) in [6, 6.07) is 16.4. The monoisotopic (exact) mass is 1730 g/mol. The van der Waals surface area contributed by atoms with Crippen LogP contribution in [0.15, 0.2) is 72.9 Å². The molecule has 4 aliphatic carbocycles. The number of aliphatic hydroxyl groups is 3. The van der Waals surface area contributed by atoms with Gasteiger partial charge in [0.05, 0.1) is 92.5 Å². The highest BCUT2D eigenvalue weighted by molar-refractivity contribution is 7.85. The summed E-state index contributed by atoms with van der Waals surface area (Å²) in [5, 5.41) is 75.7. The number of rotatable bonds is 40. The molecule has 0 radical (unpaired) electrons. The van der Waals surface area contributed by atoms with Crippen LogP contribution >= 0.6 is 11.3 Å². The number of thiazole rings is 1. The third-order valence-corrected chi connectivity index (χ3v) is 26.2. The van der Waals surface area contributed by atoms with Gasteiger partial charge in [0.1, 0.15) is 42.5 Å². The van der Waals surface area contributed by atoms with Crippen LogP contribution in [-0.2, 0) is 106 Å². The molecule has 3 aromatic heterocycles. The Balaban J connectivity index is 0.695. The Morgan fingerprint density at radius 3 is 2.25 bits per heavy atom. The number of ketones is 2. The maximum absolute atomic E-state index is 14.5. The number of amides is 5. The number of hydrogen-bond donors (Lipinski definition) is 10. The van der Waals surface area contributed by atoms with Crippen molar-refractivity contribution in [2.24, 2.45) is 28.1 Å². The number of nitrogens with zero attached hydrogens (tertiary/aromatic N) is 7. The molecule has 122 heavy (non-hydrogen) atoms. The number of para-hydroxylation sites is 1. The molecule has 7 aliphatic rings. The Hall–Kier alpha value is -9.96. The van der Waals surface area contributed by atoms with E-state index in [0.29, 0.717) is 76.0 Å². The zero-order valence-corrected chi connectivity index (χ0v) is 71.1. The smallest absolute Gasteiger partial charge is 0.410 e. The van der Waals surface area contributed by atoms with Crippen molar-refractivity contribution in [2.75, 3.05) is 82.8 Å². The fourth-order valence-corrected chi connectivity index (χ4v) is 20.9. The van der Waals surface area contributed by atoms with Crippen LogP contribution in [0.2, 0.25) is 0 Å². The highest BCUT2D eigenvalue weighted by Gasteiger charge is 2.66. The number of Topliss-reactive ketones (excluding diaryl/α,β-unsaturated/α-hetero) is 2. The third kappa shape index (κ3) is 21.4. The first-order valence-electron chi connectivity index (χ1n) is 40.9. The molecular weight excluding hydrogens is 1630 g/mol. The van der Waals surface area contributed by atoms with Crippen molar-refractivity contribution in [2.45, 2.75) is 205 Å². The van der Waals surface area contributed by atoms with Crippen molar-refractivity contribution >= 4 is 102 Å². The number of ether oxygens (including phenoxy) is 6. The van der Waals surface area contributed by atoms with Gasteiger partial charge in [0.15, 0.2) is 28.5 Å². The Morgan fingerprint density at radius 2 is 1.56 bits per heavy atom. The van der Waals surface area contributed by atoms with Gasteiger partial charge in [-0.2, -0.15) is 13.5 Å². The van der Waals surface area contributed by atoms with Crippen molar-refractivity contribution in [3.8, 4) is 16.9 Å². The molecule has 4 bridgehead atoms. The van der Waals surface area contributed by atoms with Gasteiger partial charge in [-0.25, -0.2) is 24.4 Å². The van der Waals surface area contributed by atoms with E-state index in [4.69, 9.17) is 43.6 Å². The topological polar surface area (TPSA) is 491 Å². The van der Waals surface area contributed by atoms with Gasteiger partial charge in [-0.05, 0) is 159 Å². The van der Waals surface area contributed by atoms with Crippen molar-refractivity contribution in [3.05, 3.63) is 118 Å². The minimum atomic E-state index is -4.41. The fraction of sp³-hybridized carbons (Fsp3) is 0.565. The number of benzene rings is 3. The Kier molecular flexibility index (Phi) is 28.4. The SMILES string of the molecule is COCCN(CCOC12CC3(C)CC(C)(CC(Cn4ncc(-c5ccc(N6CCc7c(OC)ccc(C(=O)Nc8nc9ccccc9s8)c7C6)nc5C(=O)O)c4C)(C3)C1)C2)C(=O)OCc1ccc(CC(=O)[C@H](C)NC(=O)[C@@H](CC(=O)CN2C(=O)[C@@H](NC(=O)CCC(=O)O)C[C@H]2COCCS(=O)(=O)O)C(C)C)cc1CC[C@@H]1O[C@H](C(=O)O)[C@@H](O)[C@H](O)[C@H]1O. The van der Waals surface area contributed by atoms with Crippen LogP contribution in [0.1, 0.15) is 160 Å². The average molecular weight is 1730 g/mol. The predicted molar refractivity (Wildman–Crippen MR) is 441 cm³/mol. The molecule has 6 aromatic rings. The molecule has 2 unspecified atom stereocenters. The van der Waals surface area contributed by atoms with Gasteiger partial charge in [-0.1, -0.05) is 69.4 Å². The zero-order chi connectivity index (χ0) is 88.1. The summed E-state index contributed by atoms with van der Waals surface area (Å²) >= 11 is 1.38. The molecule has 2 saturated heterocycles. The van der Waals surface area contributed by atoms with Gasteiger partial charge in [-0.3, -0.25) is 48.1 Å². The largest absolute Gasteiger partial charge is 0.496 e. The molecule has 11 atom stereocenters. The van der Waals surface area contributed by atoms with E-state index in [-0.39, 0.29) is 99.6 Å². The van der Waals surface area contributed by atoms with E-state index in [1.807, 2.05) is 40.8 Å². The van der Waals surface area contributed by atoms with Crippen LogP contribution in [0.25, 0.3) is 21.3 Å². The maximum atomic E-state index is 14.5. The lowest BCUT2D eigenvalue weighted by Gasteiger charge is -2.69. The molecule has 4 saturated carbocycles. The summed E-state index contributed by atoms with van der Waals surface area (Å²) in [5.41, 5.74) is 4.67. The van der Waals surface area contributed by atoms with Crippen LogP contribution in [0.5, 0.6) is 5.75 Å². The van der Waals surface area contributed by atoms with E-state index in [9.17, 15) is 86.4 Å². The van der Waals surface area contributed by atoms with Gasteiger partial charge < -0.3 is 84.4 Å². The Labute approximate surface area is 709 Å². The molecular formula is C85H108N10O25S2. The lowest BCUT2D eigenvalue weighted by Crippen LogP contribution is -2.64. The lowest BCUT2D eigenvalue weighted by molar-refractivity contribution is -0.248. The molecule has 660 valence electrons.